The van der Waals surface area contributed by atoms with Gasteiger partial charge < -0.3 is 10.1 Å². The van der Waals surface area contributed by atoms with Crippen LogP contribution in [0.3, 0.4) is 0 Å². The molecule has 1 atom stereocenters. The van der Waals surface area contributed by atoms with E-state index < -0.39 is 30.1 Å². The second-order valence-corrected chi connectivity index (χ2v) is 4.54. The van der Waals surface area contributed by atoms with Gasteiger partial charge in [0.25, 0.3) is 0 Å². The fourth-order valence-corrected chi connectivity index (χ4v) is 1.99. The molecule has 8 heteroatoms. The molecule has 1 aliphatic rings. The topological polar surface area (TPSA) is 21.3 Å². The summed E-state index contributed by atoms with van der Waals surface area (Å²) in [6, 6.07) is 3.19. The summed E-state index contributed by atoms with van der Waals surface area (Å²) in [5.74, 6) is -0.237. The van der Waals surface area contributed by atoms with Gasteiger partial charge in [-0.25, -0.2) is 0 Å². The van der Waals surface area contributed by atoms with Gasteiger partial charge in [0, 0.05) is 13.0 Å². The first-order valence-electron chi connectivity index (χ1n) is 5.78. The van der Waals surface area contributed by atoms with E-state index >= 15 is 0 Å². The van der Waals surface area contributed by atoms with E-state index in [2.05, 4.69) is 5.32 Å². The fraction of sp³-hybridized carbons (Fsp3) is 0.500. The molecule has 1 N–H and O–H groups in total. The van der Waals surface area contributed by atoms with Gasteiger partial charge in [0.1, 0.15) is 5.75 Å². The van der Waals surface area contributed by atoms with Crippen LogP contribution in [-0.4, -0.2) is 24.9 Å². The van der Waals surface area contributed by atoms with Crippen molar-refractivity contribution in [1.82, 2.24) is 5.32 Å². The summed E-state index contributed by atoms with van der Waals surface area (Å²) in [5, 5.41) is 2.55. The molecule has 1 fully saturated rings. The van der Waals surface area contributed by atoms with Gasteiger partial charge in [-0.05, 0) is 30.8 Å². The SMILES string of the molecule is FC(F)(F)c1ccc(OC2(C(F)(F)F)CCNC2)cc1. The number of hydrogen-bond acceptors (Lipinski definition) is 2. The predicted molar refractivity (Wildman–Crippen MR) is 58.3 cm³/mol. The van der Waals surface area contributed by atoms with Crippen molar-refractivity contribution in [2.45, 2.75) is 24.4 Å². The van der Waals surface area contributed by atoms with E-state index in [1.54, 1.807) is 0 Å². The molecule has 2 rings (SSSR count). The van der Waals surface area contributed by atoms with E-state index in [-0.39, 0.29) is 18.7 Å². The number of benzene rings is 1. The van der Waals surface area contributed by atoms with Crippen LogP contribution in [0.25, 0.3) is 0 Å². The quantitative estimate of drug-likeness (QED) is 0.845. The van der Waals surface area contributed by atoms with Crippen LogP contribution in [0.15, 0.2) is 24.3 Å². The maximum Gasteiger partial charge on any atom is 0.429 e. The molecule has 0 spiro atoms. The lowest BCUT2D eigenvalue weighted by Gasteiger charge is -2.31. The van der Waals surface area contributed by atoms with Gasteiger partial charge in [-0.2, -0.15) is 26.3 Å². The van der Waals surface area contributed by atoms with E-state index in [9.17, 15) is 26.3 Å². The number of rotatable bonds is 2. The molecule has 112 valence electrons. The molecular formula is C12H11F6NO. The Morgan fingerprint density at radius 1 is 1.00 bits per heavy atom. The van der Waals surface area contributed by atoms with Crippen LogP contribution < -0.4 is 10.1 Å². The molecule has 0 saturated carbocycles. The molecule has 1 aromatic rings. The molecule has 0 aliphatic carbocycles. The molecular weight excluding hydrogens is 288 g/mol. The van der Waals surface area contributed by atoms with E-state index in [1.807, 2.05) is 0 Å². The number of nitrogens with one attached hydrogen (secondary N) is 1. The highest BCUT2D eigenvalue weighted by Crippen LogP contribution is 2.39. The normalized spacial score (nSPS) is 23.9. The van der Waals surface area contributed by atoms with Gasteiger partial charge in [-0.15, -0.1) is 0 Å². The first-order chi connectivity index (χ1) is 9.14. The van der Waals surface area contributed by atoms with Crippen molar-refractivity contribution in [3.8, 4) is 5.75 Å². The summed E-state index contributed by atoms with van der Waals surface area (Å²) in [6.07, 6.45) is -9.41. The van der Waals surface area contributed by atoms with Gasteiger partial charge in [0.2, 0.25) is 5.60 Å². The second kappa shape index (κ2) is 4.83. The monoisotopic (exact) mass is 299 g/mol. The average Bonchev–Trinajstić information content (AvgIpc) is 2.77. The summed E-state index contributed by atoms with van der Waals surface area (Å²) in [5.41, 5.74) is -3.32. The third-order valence-corrected chi connectivity index (χ3v) is 3.13. The lowest BCUT2D eigenvalue weighted by Crippen LogP contribution is -2.52. The van der Waals surface area contributed by atoms with Gasteiger partial charge >= 0.3 is 12.4 Å². The van der Waals surface area contributed by atoms with Gasteiger partial charge in [-0.1, -0.05) is 0 Å². The minimum atomic E-state index is -4.60. The summed E-state index contributed by atoms with van der Waals surface area (Å²) < 4.78 is 81.1. The lowest BCUT2D eigenvalue weighted by molar-refractivity contribution is -0.240. The summed E-state index contributed by atoms with van der Waals surface area (Å²) in [6.45, 7) is -0.280. The molecule has 1 aromatic carbocycles. The largest absolute Gasteiger partial charge is 0.476 e. The number of ether oxygens (including phenoxy) is 1. The lowest BCUT2D eigenvalue weighted by atomic mass is 10.0. The molecule has 0 radical (unpaired) electrons. The Morgan fingerprint density at radius 2 is 1.60 bits per heavy atom. The first kappa shape index (κ1) is 15.0. The zero-order valence-corrected chi connectivity index (χ0v) is 10.1. The Labute approximate surface area is 110 Å². The molecule has 0 bridgehead atoms. The Kier molecular flexibility index (Phi) is 3.62. The Bertz CT molecular complexity index is 458. The Hall–Kier alpha value is -1.44. The minimum Gasteiger partial charge on any atom is -0.476 e. The van der Waals surface area contributed by atoms with Crippen molar-refractivity contribution in [1.29, 1.82) is 0 Å². The van der Waals surface area contributed by atoms with Gasteiger partial charge in [-0.3, -0.25) is 0 Å². The highest BCUT2D eigenvalue weighted by atomic mass is 19.4. The molecule has 1 heterocycles. The Morgan fingerprint density at radius 3 is 2.00 bits per heavy atom. The zero-order valence-electron chi connectivity index (χ0n) is 10.1. The third-order valence-electron chi connectivity index (χ3n) is 3.13. The second-order valence-electron chi connectivity index (χ2n) is 4.54. The fourth-order valence-electron chi connectivity index (χ4n) is 1.99. The molecule has 2 nitrogen and oxygen atoms in total. The number of halogens is 6. The number of hydrogen-bond donors (Lipinski definition) is 1. The maximum absolute atomic E-state index is 13.0. The van der Waals surface area contributed by atoms with Crippen LogP contribution in [0.5, 0.6) is 5.75 Å². The van der Waals surface area contributed by atoms with E-state index in [1.165, 1.54) is 0 Å². The van der Waals surface area contributed by atoms with Crippen LogP contribution >= 0.6 is 0 Å². The first-order valence-corrected chi connectivity index (χ1v) is 5.78. The molecule has 20 heavy (non-hydrogen) atoms. The zero-order chi connectivity index (χ0) is 15.0. The van der Waals surface area contributed by atoms with Crippen molar-refractivity contribution < 1.29 is 31.1 Å². The maximum atomic E-state index is 13.0. The molecule has 0 aromatic heterocycles. The van der Waals surface area contributed by atoms with E-state index in [0.717, 1.165) is 12.1 Å². The van der Waals surface area contributed by atoms with Crippen LogP contribution in [0.1, 0.15) is 12.0 Å². The van der Waals surface area contributed by atoms with E-state index in [0.29, 0.717) is 12.1 Å². The van der Waals surface area contributed by atoms with Crippen LogP contribution in [0.4, 0.5) is 26.3 Å². The van der Waals surface area contributed by atoms with Crippen molar-refractivity contribution in [2.75, 3.05) is 13.1 Å². The van der Waals surface area contributed by atoms with Gasteiger partial charge in [0.05, 0.1) is 5.56 Å². The standard InChI is InChI=1S/C12H11F6NO/c13-11(14,15)8-1-3-9(4-2-8)20-10(12(16,17)18)5-6-19-7-10/h1-4,19H,5-7H2. The molecule has 1 unspecified atom stereocenters. The number of alkyl halides is 6. The predicted octanol–water partition coefficient (Wildman–Crippen LogP) is 3.38. The molecule has 1 aliphatic heterocycles. The van der Waals surface area contributed by atoms with Crippen molar-refractivity contribution in [2.24, 2.45) is 0 Å². The third kappa shape index (κ3) is 2.84. The Balaban J connectivity index is 2.20. The average molecular weight is 299 g/mol. The van der Waals surface area contributed by atoms with Crippen LogP contribution in [-0.2, 0) is 6.18 Å². The molecule has 0 amide bonds. The van der Waals surface area contributed by atoms with E-state index in [4.69, 9.17) is 4.74 Å². The van der Waals surface area contributed by atoms with Crippen LogP contribution in [0.2, 0.25) is 0 Å². The van der Waals surface area contributed by atoms with Crippen molar-refractivity contribution in [3.63, 3.8) is 0 Å². The van der Waals surface area contributed by atoms with Gasteiger partial charge in [0.15, 0.2) is 0 Å². The summed E-state index contributed by atoms with van der Waals surface area (Å²) >= 11 is 0. The summed E-state index contributed by atoms with van der Waals surface area (Å²) in [7, 11) is 0. The molecule has 1 saturated heterocycles. The van der Waals surface area contributed by atoms with Crippen molar-refractivity contribution in [3.05, 3.63) is 29.8 Å². The van der Waals surface area contributed by atoms with Crippen LogP contribution in [0, 0.1) is 0 Å². The highest BCUT2D eigenvalue weighted by Gasteiger charge is 2.58. The highest BCUT2D eigenvalue weighted by molar-refractivity contribution is 5.30. The summed E-state index contributed by atoms with van der Waals surface area (Å²) in [4.78, 5) is 0. The minimum absolute atomic E-state index is 0.139. The van der Waals surface area contributed by atoms with Crippen molar-refractivity contribution >= 4 is 0 Å². The smallest absolute Gasteiger partial charge is 0.429 e.